The van der Waals surface area contributed by atoms with Gasteiger partial charge in [0.15, 0.2) is 5.65 Å². The summed E-state index contributed by atoms with van der Waals surface area (Å²) in [6, 6.07) is 17.5. The highest BCUT2D eigenvalue weighted by molar-refractivity contribution is 5.98. The van der Waals surface area contributed by atoms with Crippen molar-refractivity contribution in [1.82, 2.24) is 19.4 Å². The van der Waals surface area contributed by atoms with Crippen LogP contribution in [0.2, 0.25) is 0 Å². The van der Waals surface area contributed by atoms with Crippen molar-refractivity contribution in [3.63, 3.8) is 0 Å². The van der Waals surface area contributed by atoms with Crippen LogP contribution < -0.4 is 10.6 Å². The minimum absolute atomic E-state index is 0.0302. The van der Waals surface area contributed by atoms with Gasteiger partial charge in [0.05, 0.1) is 5.52 Å². The number of para-hydroxylation sites is 1. The average Bonchev–Trinajstić information content (AvgIpc) is 3.48. The summed E-state index contributed by atoms with van der Waals surface area (Å²) in [5.41, 5.74) is 5.60. The number of likely N-dealkylation sites (tertiary alicyclic amines) is 1. The van der Waals surface area contributed by atoms with Gasteiger partial charge in [0, 0.05) is 55.6 Å². The molecule has 1 N–H and O–H groups in total. The van der Waals surface area contributed by atoms with Crippen molar-refractivity contribution >= 4 is 28.7 Å². The van der Waals surface area contributed by atoms with E-state index in [-0.39, 0.29) is 23.4 Å². The Morgan fingerprint density at radius 2 is 1.78 bits per heavy atom. The largest absolute Gasteiger partial charge is 0.339 e. The van der Waals surface area contributed by atoms with Gasteiger partial charge in [-0.3, -0.25) is 19.1 Å². The van der Waals surface area contributed by atoms with Crippen molar-refractivity contribution in [1.29, 1.82) is 0 Å². The van der Waals surface area contributed by atoms with Crippen LogP contribution in [0.15, 0.2) is 65.6 Å². The standard InChI is InChI=1S/C28H27N5O3/c1-31-24-16-22(17-29-25(24)30-28(31)36)20-6-4-7-21(15-20)26(34)32-12-9-19(10-13-32)27(35)33-14-11-18-5-2-3-8-23(18)33/h2-8,15-17,19H,9-14H2,1H3,(H,29,30,36). The lowest BCUT2D eigenvalue weighted by molar-refractivity contribution is -0.123. The summed E-state index contributed by atoms with van der Waals surface area (Å²) in [6.07, 6.45) is 3.95. The van der Waals surface area contributed by atoms with E-state index in [1.165, 1.54) is 10.1 Å². The number of H-pyrrole nitrogens is 1. The van der Waals surface area contributed by atoms with Crippen LogP contribution in [0.5, 0.6) is 0 Å². The van der Waals surface area contributed by atoms with E-state index in [1.807, 2.05) is 58.3 Å². The number of piperidine rings is 1. The van der Waals surface area contributed by atoms with Crippen molar-refractivity contribution in [2.75, 3.05) is 24.5 Å². The summed E-state index contributed by atoms with van der Waals surface area (Å²) >= 11 is 0. The maximum atomic E-state index is 13.3. The summed E-state index contributed by atoms with van der Waals surface area (Å²) in [5.74, 6) is 0.0887. The van der Waals surface area contributed by atoms with Crippen LogP contribution in [0.3, 0.4) is 0 Å². The van der Waals surface area contributed by atoms with Crippen molar-refractivity contribution < 1.29 is 9.59 Å². The number of rotatable bonds is 3. The molecule has 6 rings (SSSR count). The molecule has 0 spiro atoms. The van der Waals surface area contributed by atoms with Crippen molar-refractivity contribution in [3.8, 4) is 11.1 Å². The summed E-state index contributed by atoms with van der Waals surface area (Å²) in [6.45, 7) is 1.86. The van der Waals surface area contributed by atoms with E-state index in [0.29, 0.717) is 42.7 Å². The molecule has 2 aromatic heterocycles. The number of hydrogen-bond acceptors (Lipinski definition) is 4. The fraction of sp³-hybridized carbons (Fsp3) is 0.286. The Balaban J connectivity index is 1.15. The molecule has 4 aromatic rings. The Bertz CT molecular complexity index is 1540. The lowest BCUT2D eigenvalue weighted by Crippen LogP contribution is -2.44. The fourth-order valence-electron chi connectivity index (χ4n) is 5.39. The number of fused-ring (bicyclic) bond motifs is 2. The molecule has 0 unspecified atom stereocenters. The molecule has 1 fully saturated rings. The predicted molar refractivity (Wildman–Crippen MR) is 138 cm³/mol. The topological polar surface area (TPSA) is 91.3 Å². The Labute approximate surface area is 208 Å². The van der Waals surface area contributed by atoms with Crippen molar-refractivity contribution in [2.45, 2.75) is 19.3 Å². The monoisotopic (exact) mass is 481 g/mol. The number of carbonyl (C=O) groups excluding carboxylic acids is 2. The van der Waals surface area contributed by atoms with Crippen LogP contribution in [0, 0.1) is 5.92 Å². The molecule has 4 heterocycles. The number of benzene rings is 2. The van der Waals surface area contributed by atoms with Gasteiger partial charge in [0.2, 0.25) is 5.91 Å². The molecule has 182 valence electrons. The molecule has 0 aliphatic carbocycles. The molecule has 2 aliphatic heterocycles. The third kappa shape index (κ3) is 3.79. The summed E-state index contributed by atoms with van der Waals surface area (Å²) in [4.78, 5) is 49.3. The van der Waals surface area contributed by atoms with Crippen LogP contribution in [-0.4, -0.2) is 50.9 Å². The van der Waals surface area contributed by atoms with Crippen LogP contribution >= 0.6 is 0 Å². The highest BCUT2D eigenvalue weighted by atomic mass is 16.2. The number of aromatic nitrogens is 3. The first-order valence-electron chi connectivity index (χ1n) is 12.3. The fourth-order valence-corrected chi connectivity index (χ4v) is 5.39. The molecule has 8 heteroatoms. The zero-order chi connectivity index (χ0) is 24.8. The first-order valence-corrected chi connectivity index (χ1v) is 12.3. The second-order valence-corrected chi connectivity index (χ2v) is 9.60. The number of imidazole rings is 1. The summed E-state index contributed by atoms with van der Waals surface area (Å²) < 4.78 is 1.52. The van der Waals surface area contributed by atoms with Gasteiger partial charge in [-0.15, -0.1) is 0 Å². The maximum Gasteiger partial charge on any atom is 0.327 e. The first kappa shape index (κ1) is 22.3. The third-order valence-electron chi connectivity index (χ3n) is 7.49. The molecule has 1 saturated heterocycles. The van der Waals surface area contributed by atoms with Gasteiger partial charge in [0.1, 0.15) is 0 Å². The van der Waals surface area contributed by atoms with Gasteiger partial charge in [-0.05, 0) is 54.7 Å². The van der Waals surface area contributed by atoms with E-state index < -0.39 is 0 Å². The molecule has 2 amide bonds. The van der Waals surface area contributed by atoms with Crippen LogP contribution in [0.4, 0.5) is 5.69 Å². The third-order valence-corrected chi connectivity index (χ3v) is 7.49. The molecule has 0 saturated carbocycles. The van der Waals surface area contributed by atoms with Crippen molar-refractivity contribution in [2.24, 2.45) is 13.0 Å². The summed E-state index contributed by atoms with van der Waals surface area (Å²) in [5, 5.41) is 0. The molecule has 0 bridgehead atoms. The molecule has 0 radical (unpaired) electrons. The Kier molecular flexibility index (Phi) is 5.44. The number of hydrogen-bond donors (Lipinski definition) is 1. The van der Waals surface area contributed by atoms with Crippen LogP contribution in [0.1, 0.15) is 28.8 Å². The van der Waals surface area contributed by atoms with E-state index in [0.717, 1.165) is 29.8 Å². The Hall–Kier alpha value is -4.20. The van der Waals surface area contributed by atoms with Gasteiger partial charge in [-0.25, -0.2) is 9.78 Å². The maximum absolute atomic E-state index is 13.3. The number of anilines is 1. The van der Waals surface area contributed by atoms with Crippen LogP contribution in [0.25, 0.3) is 22.3 Å². The highest BCUT2D eigenvalue weighted by Crippen LogP contribution is 2.31. The Morgan fingerprint density at radius 3 is 2.61 bits per heavy atom. The number of aryl methyl sites for hydroxylation is 1. The van der Waals surface area contributed by atoms with E-state index in [2.05, 4.69) is 16.0 Å². The number of pyridine rings is 1. The molecule has 0 atom stereocenters. The van der Waals surface area contributed by atoms with Crippen LogP contribution in [-0.2, 0) is 18.3 Å². The molecule has 2 aromatic carbocycles. The lowest BCUT2D eigenvalue weighted by atomic mass is 9.94. The summed E-state index contributed by atoms with van der Waals surface area (Å²) in [7, 11) is 1.70. The van der Waals surface area contributed by atoms with E-state index in [1.54, 1.807) is 13.2 Å². The smallest absolute Gasteiger partial charge is 0.327 e. The zero-order valence-electron chi connectivity index (χ0n) is 20.1. The van der Waals surface area contributed by atoms with Gasteiger partial charge in [-0.1, -0.05) is 30.3 Å². The van der Waals surface area contributed by atoms with Crippen molar-refractivity contribution in [3.05, 3.63) is 82.4 Å². The average molecular weight is 482 g/mol. The SMILES string of the molecule is Cn1c(=O)[nH]c2ncc(-c3cccc(C(=O)N4CCC(C(=O)N5CCc6ccccc65)CC4)c3)cc21. The predicted octanol–water partition coefficient (Wildman–Crippen LogP) is 3.37. The normalized spacial score (nSPS) is 15.9. The second kappa shape index (κ2) is 8.78. The first-order chi connectivity index (χ1) is 17.5. The van der Waals surface area contributed by atoms with E-state index in [4.69, 9.17) is 0 Å². The highest BCUT2D eigenvalue weighted by Gasteiger charge is 2.33. The van der Waals surface area contributed by atoms with Gasteiger partial charge in [0.25, 0.3) is 5.91 Å². The van der Waals surface area contributed by atoms with E-state index >= 15 is 0 Å². The molecule has 36 heavy (non-hydrogen) atoms. The molecular weight excluding hydrogens is 454 g/mol. The van der Waals surface area contributed by atoms with E-state index in [9.17, 15) is 14.4 Å². The zero-order valence-corrected chi connectivity index (χ0v) is 20.1. The number of nitrogens with one attached hydrogen (secondary N) is 1. The quantitative estimate of drug-likeness (QED) is 0.486. The number of carbonyl (C=O) groups is 2. The molecule has 2 aliphatic rings. The Morgan fingerprint density at radius 1 is 0.972 bits per heavy atom. The minimum Gasteiger partial charge on any atom is -0.339 e. The van der Waals surface area contributed by atoms with Gasteiger partial charge in [-0.2, -0.15) is 0 Å². The lowest BCUT2D eigenvalue weighted by Gasteiger charge is -2.33. The van der Waals surface area contributed by atoms with Gasteiger partial charge < -0.3 is 9.80 Å². The minimum atomic E-state index is -0.214. The van der Waals surface area contributed by atoms with Gasteiger partial charge >= 0.3 is 5.69 Å². The molecular formula is C28H27N5O3. The molecule has 8 nitrogen and oxygen atoms in total. The number of amides is 2. The number of nitrogens with zero attached hydrogens (tertiary/aromatic N) is 4. The number of aromatic amines is 1. The second-order valence-electron chi connectivity index (χ2n) is 9.60.